The fourth-order valence-electron chi connectivity index (χ4n) is 1.67. The Morgan fingerprint density at radius 3 is 2.53 bits per heavy atom. The molecule has 0 spiro atoms. The van der Waals surface area contributed by atoms with Gasteiger partial charge in [0.25, 0.3) is 0 Å². The minimum atomic E-state index is -0.497. The van der Waals surface area contributed by atoms with Crippen LogP contribution in [0.4, 0.5) is 0 Å². The van der Waals surface area contributed by atoms with Crippen LogP contribution in [-0.2, 0) is 0 Å². The summed E-state index contributed by atoms with van der Waals surface area (Å²) in [5.41, 5.74) is 1.81. The number of hydrogen-bond acceptors (Lipinski definition) is 2. The lowest BCUT2D eigenvalue weighted by atomic mass is 10.1. The molecule has 0 aliphatic carbocycles. The first-order valence-electron chi connectivity index (χ1n) is 5.89. The summed E-state index contributed by atoms with van der Waals surface area (Å²) in [5, 5.41) is 10.2. The Morgan fingerprint density at radius 1 is 1.21 bits per heavy atom. The Bertz CT molecular complexity index is 597. The van der Waals surface area contributed by atoms with Gasteiger partial charge in [-0.05, 0) is 71.2 Å². The molecule has 0 aliphatic rings. The molecule has 0 unspecified atom stereocenters. The largest absolute Gasteiger partial charge is 0.456 e. The molecular formula is C15H14BrClO2. The number of halogens is 2. The summed E-state index contributed by atoms with van der Waals surface area (Å²) in [5.74, 6) is 1.43. The molecule has 100 valence electrons. The van der Waals surface area contributed by atoms with Gasteiger partial charge in [0.2, 0.25) is 0 Å². The third-order valence-electron chi connectivity index (χ3n) is 2.80. The minimum Gasteiger partial charge on any atom is -0.456 e. The molecule has 0 amide bonds. The maximum atomic E-state index is 9.52. The van der Waals surface area contributed by atoms with Gasteiger partial charge in [0.1, 0.15) is 11.5 Å². The number of aryl methyl sites for hydroxylation is 1. The van der Waals surface area contributed by atoms with E-state index in [0.717, 1.165) is 26.4 Å². The van der Waals surface area contributed by atoms with Crippen LogP contribution in [-0.4, -0.2) is 5.11 Å². The summed E-state index contributed by atoms with van der Waals surface area (Å²) in [4.78, 5) is 0. The lowest BCUT2D eigenvalue weighted by Crippen LogP contribution is -1.92. The van der Waals surface area contributed by atoms with E-state index in [1.807, 2.05) is 43.3 Å². The number of aliphatic hydroxyl groups excluding tert-OH is 1. The highest BCUT2D eigenvalue weighted by Gasteiger charge is 2.08. The first kappa shape index (κ1) is 14.4. The van der Waals surface area contributed by atoms with E-state index in [1.54, 1.807) is 6.92 Å². The summed E-state index contributed by atoms with van der Waals surface area (Å²) >= 11 is 9.42. The van der Waals surface area contributed by atoms with Gasteiger partial charge in [-0.3, -0.25) is 0 Å². The average Bonchev–Trinajstić information content (AvgIpc) is 2.36. The third kappa shape index (κ3) is 3.50. The molecule has 19 heavy (non-hydrogen) atoms. The highest BCUT2D eigenvalue weighted by atomic mass is 79.9. The van der Waals surface area contributed by atoms with Crippen molar-refractivity contribution in [2.75, 3.05) is 0 Å². The first-order valence-corrected chi connectivity index (χ1v) is 7.06. The number of hydrogen-bond donors (Lipinski definition) is 1. The van der Waals surface area contributed by atoms with Crippen molar-refractivity contribution in [3.05, 3.63) is 57.0 Å². The standard InChI is InChI=1S/C15H14BrClO2/c1-9-7-12(4-5-14(9)17)19-15-6-3-11(10(2)18)8-13(15)16/h3-8,10,18H,1-2H3/t10-/m0/s1. The zero-order valence-electron chi connectivity index (χ0n) is 10.7. The van der Waals surface area contributed by atoms with E-state index in [9.17, 15) is 5.11 Å². The van der Waals surface area contributed by atoms with Crippen molar-refractivity contribution in [3.8, 4) is 11.5 Å². The van der Waals surface area contributed by atoms with E-state index in [2.05, 4.69) is 15.9 Å². The van der Waals surface area contributed by atoms with Crippen molar-refractivity contribution in [1.82, 2.24) is 0 Å². The van der Waals surface area contributed by atoms with Crippen molar-refractivity contribution in [1.29, 1.82) is 0 Å². The monoisotopic (exact) mass is 340 g/mol. The average molecular weight is 342 g/mol. The second kappa shape index (κ2) is 5.95. The van der Waals surface area contributed by atoms with E-state index in [0.29, 0.717) is 5.75 Å². The van der Waals surface area contributed by atoms with Gasteiger partial charge < -0.3 is 9.84 Å². The van der Waals surface area contributed by atoms with Crippen molar-refractivity contribution in [3.63, 3.8) is 0 Å². The van der Waals surface area contributed by atoms with Gasteiger partial charge in [-0.2, -0.15) is 0 Å². The molecule has 2 aromatic carbocycles. The molecule has 2 aromatic rings. The van der Waals surface area contributed by atoms with Gasteiger partial charge >= 0.3 is 0 Å². The molecule has 0 radical (unpaired) electrons. The Kier molecular flexibility index (Phi) is 4.50. The van der Waals surface area contributed by atoms with Crippen LogP contribution in [0, 0.1) is 6.92 Å². The second-order valence-electron chi connectivity index (χ2n) is 4.38. The van der Waals surface area contributed by atoms with E-state index in [-0.39, 0.29) is 0 Å². The van der Waals surface area contributed by atoms with Crippen LogP contribution >= 0.6 is 27.5 Å². The van der Waals surface area contributed by atoms with Crippen molar-refractivity contribution < 1.29 is 9.84 Å². The van der Waals surface area contributed by atoms with Gasteiger partial charge in [0.05, 0.1) is 10.6 Å². The van der Waals surface area contributed by atoms with Gasteiger partial charge in [-0.25, -0.2) is 0 Å². The third-order valence-corrected chi connectivity index (χ3v) is 3.84. The summed E-state index contributed by atoms with van der Waals surface area (Å²) < 4.78 is 6.60. The van der Waals surface area contributed by atoms with Gasteiger partial charge in [-0.15, -0.1) is 0 Å². The zero-order chi connectivity index (χ0) is 14.0. The van der Waals surface area contributed by atoms with Crippen molar-refractivity contribution in [2.24, 2.45) is 0 Å². The molecule has 0 aromatic heterocycles. The fraction of sp³-hybridized carbons (Fsp3) is 0.200. The number of aliphatic hydroxyl groups is 1. The summed E-state index contributed by atoms with van der Waals surface area (Å²) in [6.07, 6.45) is -0.497. The van der Waals surface area contributed by atoms with Crippen LogP contribution in [0.2, 0.25) is 5.02 Å². The number of rotatable bonds is 3. The maximum absolute atomic E-state index is 9.52. The van der Waals surface area contributed by atoms with Crippen molar-refractivity contribution >= 4 is 27.5 Å². The highest BCUT2D eigenvalue weighted by Crippen LogP contribution is 2.33. The molecule has 0 heterocycles. The molecule has 1 atom stereocenters. The van der Waals surface area contributed by atoms with Crippen molar-refractivity contribution in [2.45, 2.75) is 20.0 Å². The van der Waals surface area contributed by atoms with Crippen LogP contribution in [0.25, 0.3) is 0 Å². The van der Waals surface area contributed by atoms with Crippen LogP contribution in [0.15, 0.2) is 40.9 Å². The van der Waals surface area contributed by atoms with Gasteiger partial charge in [0.15, 0.2) is 0 Å². The molecule has 0 aliphatic heterocycles. The predicted molar refractivity (Wildman–Crippen MR) is 81.0 cm³/mol. The SMILES string of the molecule is Cc1cc(Oc2ccc([C@H](C)O)cc2Br)ccc1Cl. The second-order valence-corrected chi connectivity index (χ2v) is 5.64. The van der Waals surface area contributed by atoms with Crippen LogP contribution in [0.1, 0.15) is 24.2 Å². The summed E-state index contributed by atoms with van der Waals surface area (Å²) in [6.45, 7) is 3.66. The van der Waals surface area contributed by atoms with Crippen LogP contribution < -0.4 is 4.74 Å². The Hall–Kier alpha value is -1.03. The van der Waals surface area contributed by atoms with Crippen LogP contribution in [0.3, 0.4) is 0 Å². The Balaban J connectivity index is 2.25. The maximum Gasteiger partial charge on any atom is 0.141 e. The molecule has 4 heteroatoms. The minimum absolute atomic E-state index is 0.497. The molecule has 2 nitrogen and oxygen atoms in total. The van der Waals surface area contributed by atoms with E-state index >= 15 is 0 Å². The van der Waals surface area contributed by atoms with Crippen LogP contribution in [0.5, 0.6) is 11.5 Å². The Labute approximate surface area is 126 Å². The zero-order valence-corrected chi connectivity index (χ0v) is 13.0. The fourth-order valence-corrected chi connectivity index (χ4v) is 2.26. The van der Waals surface area contributed by atoms with Gasteiger partial charge in [-0.1, -0.05) is 17.7 Å². The predicted octanol–water partition coefficient (Wildman–Crippen LogP) is 5.26. The normalized spacial score (nSPS) is 12.3. The Morgan fingerprint density at radius 2 is 1.95 bits per heavy atom. The molecule has 2 rings (SSSR count). The molecule has 0 bridgehead atoms. The summed E-state index contributed by atoms with van der Waals surface area (Å²) in [6, 6.07) is 11.0. The number of benzene rings is 2. The van der Waals surface area contributed by atoms with E-state index < -0.39 is 6.10 Å². The van der Waals surface area contributed by atoms with E-state index in [1.165, 1.54) is 0 Å². The molecular weight excluding hydrogens is 328 g/mol. The molecule has 0 saturated heterocycles. The molecule has 0 saturated carbocycles. The lowest BCUT2D eigenvalue weighted by molar-refractivity contribution is 0.199. The lowest BCUT2D eigenvalue weighted by Gasteiger charge is -2.11. The van der Waals surface area contributed by atoms with E-state index in [4.69, 9.17) is 16.3 Å². The molecule has 1 N–H and O–H groups in total. The summed E-state index contributed by atoms with van der Waals surface area (Å²) in [7, 11) is 0. The number of ether oxygens (including phenoxy) is 1. The topological polar surface area (TPSA) is 29.5 Å². The highest BCUT2D eigenvalue weighted by molar-refractivity contribution is 9.10. The first-order chi connectivity index (χ1) is 8.97. The quantitative estimate of drug-likeness (QED) is 0.825. The van der Waals surface area contributed by atoms with Gasteiger partial charge in [0, 0.05) is 5.02 Å². The molecule has 0 fully saturated rings. The smallest absolute Gasteiger partial charge is 0.141 e.